The molecular formula is C16H20N6O5. The molecule has 0 unspecified atom stereocenters. The molecule has 0 bridgehead atoms. The number of ether oxygens (including phenoxy) is 2. The fraction of sp³-hybridized carbons (Fsp3) is 0.312. The van der Waals surface area contributed by atoms with Crippen LogP contribution >= 0.6 is 0 Å². The second-order valence-corrected chi connectivity index (χ2v) is 5.26. The lowest BCUT2D eigenvalue weighted by Crippen LogP contribution is -2.31. The van der Waals surface area contributed by atoms with Gasteiger partial charge in [0.15, 0.2) is 11.5 Å². The van der Waals surface area contributed by atoms with E-state index in [1.54, 1.807) is 25.3 Å². The number of hydrogen-bond acceptors (Lipinski definition) is 8. The van der Waals surface area contributed by atoms with Gasteiger partial charge >= 0.3 is 5.69 Å². The van der Waals surface area contributed by atoms with Gasteiger partial charge in [0, 0.05) is 0 Å². The van der Waals surface area contributed by atoms with E-state index in [1.165, 1.54) is 6.21 Å². The summed E-state index contributed by atoms with van der Waals surface area (Å²) in [7, 11) is 1.55. The molecule has 0 radical (unpaired) electrons. The van der Waals surface area contributed by atoms with Gasteiger partial charge < -0.3 is 14.8 Å². The molecule has 1 aromatic heterocycles. The highest BCUT2D eigenvalue weighted by Gasteiger charge is 2.06. The first kappa shape index (κ1) is 19.7. The summed E-state index contributed by atoms with van der Waals surface area (Å²) >= 11 is 0. The summed E-state index contributed by atoms with van der Waals surface area (Å²) < 4.78 is 10.8. The van der Waals surface area contributed by atoms with Crippen LogP contribution in [0.15, 0.2) is 32.9 Å². The van der Waals surface area contributed by atoms with Gasteiger partial charge in [-0.05, 0) is 30.2 Å². The molecule has 0 saturated heterocycles. The number of aromatic nitrogens is 3. The molecule has 0 spiro atoms. The number of anilines is 1. The average molecular weight is 376 g/mol. The molecule has 0 aliphatic heterocycles. The predicted molar refractivity (Wildman–Crippen MR) is 98.5 cm³/mol. The highest BCUT2D eigenvalue weighted by atomic mass is 16.5. The Labute approximate surface area is 153 Å². The van der Waals surface area contributed by atoms with Crippen LogP contribution in [-0.2, 0) is 4.79 Å². The standard InChI is InChI=1S/C16H20N6O5/c1-3-6-27-12-7-10(4-5-11(12)26-2)8-18-20-13(23)9-17-14-15(24)19-16(25)22-21-14/h4-5,7-8H,3,6,9H2,1-2H3,(H,17,21)(H,20,23)(H2,19,22,24,25)/b18-8+. The van der Waals surface area contributed by atoms with Gasteiger partial charge in [0.05, 0.1) is 26.5 Å². The van der Waals surface area contributed by atoms with Gasteiger partial charge in [-0.25, -0.2) is 15.3 Å². The normalized spacial score (nSPS) is 10.6. The van der Waals surface area contributed by atoms with E-state index in [9.17, 15) is 14.4 Å². The summed E-state index contributed by atoms with van der Waals surface area (Å²) in [4.78, 5) is 36.0. The van der Waals surface area contributed by atoms with E-state index in [1.807, 2.05) is 11.9 Å². The monoisotopic (exact) mass is 376 g/mol. The highest BCUT2D eigenvalue weighted by molar-refractivity contribution is 5.84. The Morgan fingerprint density at radius 1 is 1.33 bits per heavy atom. The zero-order chi connectivity index (χ0) is 19.6. The summed E-state index contributed by atoms with van der Waals surface area (Å²) in [5, 5.41) is 11.9. The largest absolute Gasteiger partial charge is 0.493 e. The second-order valence-electron chi connectivity index (χ2n) is 5.26. The molecule has 11 nitrogen and oxygen atoms in total. The van der Waals surface area contributed by atoms with Crippen LogP contribution in [0.2, 0.25) is 0 Å². The van der Waals surface area contributed by atoms with Crippen LogP contribution in [-0.4, -0.2) is 47.6 Å². The first-order valence-electron chi connectivity index (χ1n) is 8.09. The number of benzene rings is 1. The van der Waals surface area contributed by atoms with Crippen molar-refractivity contribution in [3.63, 3.8) is 0 Å². The molecule has 11 heteroatoms. The summed E-state index contributed by atoms with van der Waals surface area (Å²) in [6.07, 6.45) is 2.30. The van der Waals surface area contributed by atoms with E-state index < -0.39 is 17.2 Å². The van der Waals surface area contributed by atoms with Gasteiger partial charge in [-0.3, -0.25) is 14.6 Å². The molecule has 0 fully saturated rings. The number of nitrogens with one attached hydrogen (secondary N) is 4. The molecule has 2 aromatic rings. The SMILES string of the molecule is CCCOc1cc(/C=N/NC(=O)CNc2n[nH]c(=O)[nH]c2=O)ccc1OC. The van der Waals surface area contributed by atoms with E-state index in [4.69, 9.17) is 9.47 Å². The lowest BCUT2D eigenvalue weighted by molar-refractivity contribution is -0.119. The molecule has 0 saturated carbocycles. The Morgan fingerprint density at radius 2 is 2.15 bits per heavy atom. The summed E-state index contributed by atoms with van der Waals surface area (Å²) in [5.41, 5.74) is 1.55. The molecule has 2 rings (SSSR count). The minimum absolute atomic E-state index is 0.179. The molecule has 4 N–H and O–H groups in total. The molecule has 144 valence electrons. The van der Waals surface area contributed by atoms with Gasteiger partial charge in [0.1, 0.15) is 0 Å². The van der Waals surface area contributed by atoms with Crippen molar-refractivity contribution in [2.75, 3.05) is 25.6 Å². The lowest BCUT2D eigenvalue weighted by atomic mass is 10.2. The third-order valence-electron chi connectivity index (χ3n) is 3.18. The fourth-order valence-electron chi connectivity index (χ4n) is 1.95. The van der Waals surface area contributed by atoms with E-state index in [2.05, 4.69) is 26.0 Å². The Bertz CT molecular complexity index is 920. The van der Waals surface area contributed by atoms with Gasteiger partial charge in [-0.2, -0.15) is 5.10 Å². The smallest absolute Gasteiger partial charge is 0.342 e. The topological polar surface area (TPSA) is 151 Å². The average Bonchev–Trinajstić information content (AvgIpc) is 2.65. The van der Waals surface area contributed by atoms with Crippen molar-refractivity contribution in [1.29, 1.82) is 0 Å². The van der Waals surface area contributed by atoms with E-state index in [0.29, 0.717) is 23.7 Å². The van der Waals surface area contributed by atoms with Crippen molar-refractivity contribution in [3.05, 3.63) is 44.6 Å². The third kappa shape index (κ3) is 5.99. The van der Waals surface area contributed by atoms with E-state index in [0.717, 1.165) is 6.42 Å². The molecule has 0 aliphatic carbocycles. The number of H-pyrrole nitrogens is 2. The Morgan fingerprint density at radius 3 is 2.85 bits per heavy atom. The fourth-order valence-corrected chi connectivity index (χ4v) is 1.95. The maximum absolute atomic E-state index is 11.7. The molecule has 1 heterocycles. The lowest BCUT2D eigenvalue weighted by Gasteiger charge is -2.10. The minimum atomic E-state index is -0.735. The van der Waals surface area contributed by atoms with Crippen LogP contribution in [0.5, 0.6) is 11.5 Å². The van der Waals surface area contributed by atoms with Gasteiger partial charge in [0.2, 0.25) is 5.82 Å². The third-order valence-corrected chi connectivity index (χ3v) is 3.18. The van der Waals surface area contributed by atoms with Crippen molar-refractivity contribution in [3.8, 4) is 11.5 Å². The van der Waals surface area contributed by atoms with Gasteiger partial charge in [0.25, 0.3) is 11.5 Å². The molecule has 1 aromatic carbocycles. The van der Waals surface area contributed by atoms with Crippen LogP contribution in [0.4, 0.5) is 5.82 Å². The minimum Gasteiger partial charge on any atom is -0.493 e. The number of carbonyl (C=O) groups is 1. The number of rotatable bonds is 9. The summed E-state index contributed by atoms with van der Waals surface area (Å²) in [5.74, 6) is 0.503. The van der Waals surface area contributed by atoms with Crippen molar-refractivity contribution in [2.45, 2.75) is 13.3 Å². The number of amides is 1. The Hall–Kier alpha value is -3.63. The van der Waals surface area contributed by atoms with Crippen LogP contribution < -0.4 is 31.5 Å². The number of carbonyl (C=O) groups excluding carboxylic acids is 1. The summed E-state index contributed by atoms with van der Waals surface area (Å²) in [6.45, 7) is 2.29. The number of methoxy groups -OCH3 is 1. The maximum atomic E-state index is 11.7. The van der Waals surface area contributed by atoms with Crippen LogP contribution in [0.25, 0.3) is 0 Å². The van der Waals surface area contributed by atoms with Crippen molar-refractivity contribution in [2.24, 2.45) is 5.10 Å². The number of hydrazone groups is 1. The molecule has 27 heavy (non-hydrogen) atoms. The first-order valence-corrected chi connectivity index (χ1v) is 8.09. The quantitative estimate of drug-likeness (QED) is 0.350. The molecule has 0 atom stereocenters. The van der Waals surface area contributed by atoms with Gasteiger partial charge in [-0.1, -0.05) is 6.92 Å². The van der Waals surface area contributed by atoms with Crippen LogP contribution in [0.3, 0.4) is 0 Å². The molecule has 0 aliphatic rings. The van der Waals surface area contributed by atoms with Crippen molar-refractivity contribution >= 4 is 17.9 Å². The zero-order valence-corrected chi connectivity index (χ0v) is 14.9. The Balaban J connectivity index is 1.91. The number of aromatic amines is 2. The first-order chi connectivity index (χ1) is 13.0. The van der Waals surface area contributed by atoms with Gasteiger partial charge in [-0.15, -0.1) is 5.10 Å². The number of nitrogens with zero attached hydrogens (tertiary/aromatic N) is 2. The number of hydrogen-bond donors (Lipinski definition) is 4. The molecule has 1 amide bonds. The van der Waals surface area contributed by atoms with E-state index in [-0.39, 0.29) is 12.4 Å². The highest BCUT2D eigenvalue weighted by Crippen LogP contribution is 2.27. The predicted octanol–water partition coefficient (Wildman–Crippen LogP) is -0.182. The van der Waals surface area contributed by atoms with E-state index >= 15 is 0 Å². The van der Waals surface area contributed by atoms with Crippen LogP contribution in [0.1, 0.15) is 18.9 Å². The summed E-state index contributed by atoms with van der Waals surface area (Å²) in [6, 6.07) is 5.24. The van der Waals surface area contributed by atoms with Crippen molar-refractivity contribution in [1.82, 2.24) is 20.6 Å². The van der Waals surface area contributed by atoms with Crippen LogP contribution in [0, 0.1) is 0 Å². The molecular weight excluding hydrogens is 356 g/mol. The second kappa shape index (κ2) is 9.75. The Kier molecular flexibility index (Phi) is 7.11. The zero-order valence-electron chi connectivity index (χ0n) is 14.9. The maximum Gasteiger partial charge on any atom is 0.342 e. The van der Waals surface area contributed by atoms with Crippen molar-refractivity contribution < 1.29 is 14.3 Å².